The van der Waals surface area contributed by atoms with E-state index < -0.39 is 0 Å². The molecule has 0 atom stereocenters. The minimum absolute atomic E-state index is 0.0469. The molecule has 0 aliphatic rings. The van der Waals surface area contributed by atoms with Gasteiger partial charge in [-0.3, -0.25) is 0 Å². The van der Waals surface area contributed by atoms with Crippen molar-refractivity contribution in [3.8, 4) is 11.8 Å². The van der Waals surface area contributed by atoms with Crippen molar-refractivity contribution in [3.63, 3.8) is 0 Å². The Balaban J connectivity index is 1.74. The zero-order valence-corrected chi connectivity index (χ0v) is 13.6. The number of methoxy groups -OCH3 is 1. The number of aromatic nitrogens is 3. The molecule has 0 unspecified atom stereocenters. The van der Waals surface area contributed by atoms with Crippen molar-refractivity contribution >= 4 is 17.6 Å². The monoisotopic (exact) mass is 332 g/mol. The second kappa shape index (κ2) is 7.75. The number of ether oxygens (including phenoxy) is 1. The summed E-state index contributed by atoms with van der Waals surface area (Å²) in [5, 5.41) is 15.3. The van der Waals surface area contributed by atoms with E-state index in [1.165, 1.54) is 0 Å². The zero-order valence-electron chi connectivity index (χ0n) is 13.6. The quantitative estimate of drug-likeness (QED) is 0.716. The number of nitrogens with one attached hydrogen (secondary N) is 2. The van der Waals surface area contributed by atoms with Crippen molar-refractivity contribution in [3.05, 3.63) is 66.0 Å². The third kappa shape index (κ3) is 4.42. The molecule has 1 heterocycles. The van der Waals surface area contributed by atoms with Crippen LogP contribution in [0.25, 0.3) is 0 Å². The Hall–Kier alpha value is -3.66. The number of hydrogen-bond donors (Lipinski definition) is 2. The van der Waals surface area contributed by atoms with E-state index in [0.717, 1.165) is 17.0 Å². The van der Waals surface area contributed by atoms with Gasteiger partial charge in [-0.2, -0.15) is 20.2 Å². The van der Waals surface area contributed by atoms with Crippen molar-refractivity contribution in [1.82, 2.24) is 15.0 Å². The van der Waals surface area contributed by atoms with Gasteiger partial charge in [0, 0.05) is 12.2 Å². The normalized spacial score (nSPS) is 9.92. The lowest BCUT2D eigenvalue weighted by molar-refractivity contribution is 0.414. The first-order chi connectivity index (χ1) is 12.3. The molecule has 3 rings (SSSR count). The summed E-state index contributed by atoms with van der Waals surface area (Å²) in [6, 6.07) is 19.1. The van der Waals surface area contributed by atoms with Gasteiger partial charge in [0.15, 0.2) is 0 Å². The van der Waals surface area contributed by atoms with Crippen LogP contribution >= 0.6 is 0 Å². The molecule has 0 radical (unpaired) electrons. The maximum atomic E-state index is 9.12. The number of anilines is 3. The standard InChI is InChI=1S/C18H16N6O/c1-25-15-9-7-13(8-10-15)12-20-17-22-16(11-19)23-18(24-17)21-14-5-3-2-4-6-14/h2-10H,12H2,1H3,(H2,20,21,22,23,24). The summed E-state index contributed by atoms with van der Waals surface area (Å²) in [4.78, 5) is 12.5. The van der Waals surface area contributed by atoms with Crippen molar-refractivity contribution in [1.29, 1.82) is 5.26 Å². The van der Waals surface area contributed by atoms with Crippen LogP contribution in [-0.2, 0) is 6.54 Å². The predicted molar refractivity (Wildman–Crippen MR) is 94.6 cm³/mol. The molecule has 25 heavy (non-hydrogen) atoms. The van der Waals surface area contributed by atoms with Gasteiger partial charge in [0.1, 0.15) is 11.8 Å². The van der Waals surface area contributed by atoms with Crippen LogP contribution in [0.3, 0.4) is 0 Å². The molecule has 124 valence electrons. The van der Waals surface area contributed by atoms with E-state index in [2.05, 4.69) is 25.6 Å². The summed E-state index contributed by atoms with van der Waals surface area (Å²) in [7, 11) is 1.63. The minimum Gasteiger partial charge on any atom is -0.497 e. The average Bonchev–Trinajstić information content (AvgIpc) is 2.67. The van der Waals surface area contributed by atoms with Crippen LogP contribution in [0, 0.1) is 11.3 Å². The third-order valence-corrected chi connectivity index (χ3v) is 3.38. The molecule has 0 fully saturated rings. The summed E-state index contributed by atoms with van der Waals surface area (Å²) in [5.41, 5.74) is 1.87. The van der Waals surface area contributed by atoms with E-state index in [-0.39, 0.29) is 5.82 Å². The number of benzene rings is 2. The largest absolute Gasteiger partial charge is 0.497 e. The fourth-order valence-corrected chi connectivity index (χ4v) is 2.14. The summed E-state index contributed by atoms with van der Waals surface area (Å²) >= 11 is 0. The third-order valence-electron chi connectivity index (χ3n) is 3.38. The van der Waals surface area contributed by atoms with E-state index in [0.29, 0.717) is 18.4 Å². The van der Waals surface area contributed by atoms with Crippen LogP contribution in [0.2, 0.25) is 0 Å². The number of hydrogen-bond acceptors (Lipinski definition) is 7. The number of para-hydroxylation sites is 1. The van der Waals surface area contributed by atoms with Crippen molar-refractivity contribution in [2.24, 2.45) is 0 Å². The maximum Gasteiger partial charge on any atom is 0.238 e. The molecule has 3 aromatic rings. The lowest BCUT2D eigenvalue weighted by Gasteiger charge is -2.09. The van der Waals surface area contributed by atoms with Crippen molar-refractivity contribution in [2.45, 2.75) is 6.54 Å². The predicted octanol–water partition coefficient (Wildman–Crippen LogP) is 3.11. The molecule has 0 amide bonds. The first-order valence-corrected chi connectivity index (χ1v) is 7.62. The maximum absolute atomic E-state index is 9.12. The molecule has 0 aliphatic heterocycles. The Kier molecular flexibility index (Phi) is 5.02. The molecule has 0 aliphatic carbocycles. The van der Waals surface area contributed by atoms with Gasteiger partial charge < -0.3 is 15.4 Å². The average molecular weight is 332 g/mol. The highest BCUT2D eigenvalue weighted by Gasteiger charge is 2.06. The lowest BCUT2D eigenvalue weighted by Crippen LogP contribution is -2.08. The Labute approximate surface area is 145 Å². The Morgan fingerprint density at radius 2 is 1.68 bits per heavy atom. The molecule has 2 N–H and O–H groups in total. The molecular formula is C18H16N6O. The van der Waals surface area contributed by atoms with E-state index >= 15 is 0 Å². The fourth-order valence-electron chi connectivity index (χ4n) is 2.14. The van der Waals surface area contributed by atoms with E-state index in [1.807, 2.05) is 60.7 Å². The number of rotatable bonds is 6. The van der Waals surface area contributed by atoms with Crippen LogP contribution in [-0.4, -0.2) is 22.1 Å². The van der Waals surface area contributed by atoms with Gasteiger partial charge in [-0.1, -0.05) is 30.3 Å². The van der Waals surface area contributed by atoms with E-state index in [1.54, 1.807) is 7.11 Å². The second-order valence-corrected chi connectivity index (χ2v) is 5.11. The highest BCUT2D eigenvalue weighted by Crippen LogP contribution is 2.15. The van der Waals surface area contributed by atoms with Gasteiger partial charge in [0.05, 0.1) is 7.11 Å². The molecule has 7 nitrogen and oxygen atoms in total. The summed E-state index contributed by atoms with van der Waals surface area (Å²) in [6.07, 6.45) is 0. The van der Waals surface area contributed by atoms with E-state index in [9.17, 15) is 0 Å². The van der Waals surface area contributed by atoms with Gasteiger partial charge in [-0.05, 0) is 29.8 Å². The summed E-state index contributed by atoms with van der Waals surface area (Å²) in [5.74, 6) is 1.49. The van der Waals surface area contributed by atoms with Crippen LogP contribution in [0.4, 0.5) is 17.6 Å². The second-order valence-electron chi connectivity index (χ2n) is 5.11. The first kappa shape index (κ1) is 16.2. The molecule has 1 aromatic heterocycles. The first-order valence-electron chi connectivity index (χ1n) is 7.62. The molecule has 0 bridgehead atoms. The Morgan fingerprint density at radius 3 is 2.36 bits per heavy atom. The van der Waals surface area contributed by atoms with Gasteiger partial charge in [-0.15, -0.1) is 0 Å². The summed E-state index contributed by atoms with van der Waals surface area (Å²) in [6.45, 7) is 0.518. The van der Waals surface area contributed by atoms with Gasteiger partial charge >= 0.3 is 0 Å². The molecule has 0 saturated carbocycles. The van der Waals surface area contributed by atoms with Gasteiger partial charge in [-0.25, -0.2) is 0 Å². The lowest BCUT2D eigenvalue weighted by atomic mass is 10.2. The SMILES string of the molecule is COc1ccc(CNc2nc(C#N)nc(Nc3ccccc3)n2)cc1. The van der Waals surface area contributed by atoms with Gasteiger partial charge in [0.25, 0.3) is 0 Å². The van der Waals surface area contributed by atoms with Crippen molar-refractivity contribution in [2.75, 3.05) is 17.7 Å². The molecule has 0 saturated heterocycles. The Bertz CT molecular complexity index is 874. The molecule has 2 aromatic carbocycles. The van der Waals surface area contributed by atoms with Crippen LogP contribution < -0.4 is 15.4 Å². The van der Waals surface area contributed by atoms with Crippen molar-refractivity contribution < 1.29 is 4.74 Å². The van der Waals surface area contributed by atoms with Crippen LogP contribution in [0.1, 0.15) is 11.4 Å². The number of nitrogens with zero attached hydrogens (tertiary/aromatic N) is 4. The zero-order chi connectivity index (χ0) is 17.5. The molecule has 0 spiro atoms. The number of nitriles is 1. The Morgan fingerprint density at radius 1 is 0.960 bits per heavy atom. The molecular weight excluding hydrogens is 316 g/mol. The van der Waals surface area contributed by atoms with Gasteiger partial charge in [0.2, 0.25) is 17.7 Å². The van der Waals surface area contributed by atoms with Crippen LogP contribution in [0.5, 0.6) is 5.75 Å². The smallest absolute Gasteiger partial charge is 0.238 e. The molecule has 7 heteroatoms. The van der Waals surface area contributed by atoms with Crippen LogP contribution in [0.15, 0.2) is 54.6 Å². The summed E-state index contributed by atoms with van der Waals surface area (Å²) < 4.78 is 5.14. The fraction of sp³-hybridized carbons (Fsp3) is 0.111. The minimum atomic E-state index is 0.0469. The van der Waals surface area contributed by atoms with E-state index in [4.69, 9.17) is 10.00 Å². The highest BCUT2D eigenvalue weighted by atomic mass is 16.5. The topological polar surface area (TPSA) is 95.8 Å². The highest BCUT2D eigenvalue weighted by molar-refractivity contribution is 5.54.